The fraction of sp³-hybridized carbons (Fsp3) is 0.176. The number of carboxylic acid groups (broad SMARTS) is 2. The molecule has 0 bridgehead atoms. The minimum absolute atomic E-state index is 0.421. The van der Waals surface area contributed by atoms with Crippen LogP contribution in [0.3, 0.4) is 0 Å². The van der Waals surface area contributed by atoms with Gasteiger partial charge in [0, 0.05) is 0 Å². The third kappa shape index (κ3) is 3.25. The smallest absolute Gasteiger partial charge is 0.312 e. The number of ether oxygens (including phenoxy) is 1. The molecule has 0 radical (unpaired) electrons. The van der Waals surface area contributed by atoms with Gasteiger partial charge in [-0.25, -0.2) is 0 Å². The highest BCUT2D eigenvalue weighted by molar-refractivity contribution is 5.88. The minimum atomic E-state index is -1.18. The van der Waals surface area contributed by atoms with Gasteiger partial charge in [-0.2, -0.15) is 0 Å². The van der Waals surface area contributed by atoms with E-state index in [2.05, 4.69) is 0 Å². The molecule has 0 saturated carbocycles. The standard InChI is InChI=1S/C17H16O5/c1-22-13-9-7-12(8-10-13)15(17(20)21)14(16(18)19)11-5-3-2-4-6-11/h2-10,14-15H,1H3,(H,18,19)(H,20,21)/t14-,15-/m0/s1. The highest BCUT2D eigenvalue weighted by Gasteiger charge is 2.36. The van der Waals surface area contributed by atoms with Crippen molar-refractivity contribution in [2.24, 2.45) is 0 Å². The van der Waals surface area contributed by atoms with Gasteiger partial charge in [-0.1, -0.05) is 42.5 Å². The Bertz CT molecular complexity index is 649. The largest absolute Gasteiger partial charge is 0.497 e. The number of rotatable bonds is 6. The molecule has 0 heterocycles. The second-order valence-corrected chi connectivity index (χ2v) is 4.82. The van der Waals surface area contributed by atoms with E-state index in [4.69, 9.17) is 4.74 Å². The van der Waals surface area contributed by atoms with Crippen LogP contribution in [0.25, 0.3) is 0 Å². The third-order valence-corrected chi connectivity index (χ3v) is 3.50. The highest BCUT2D eigenvalue weighted by Crippen LogP contribution is 2.34. The van der Waals surface area contributed by atoms with E-state index < -0.39 is 23.8 Å². The average Bonchev–Trinajstić information content (AvgIpc) is 2.52. The van der Waals surface area contributed by atoms with E-state index in [1.807, 2.05) is 0 Å². The summed E-state index contributed by atoms with van der Waals surface area (Å²) < 4.78 is 5.04. The SMILES string of the molecule is COc1ccc([C@H](C(=O)O)[C@@H](C(=O)O)c2ccccc2)cc1. The van der Waals surface area contributed by atoms with Gasteiger partial charge in [0.05, 0.1) is 18.9 Å². The zero-order valence-electron chi connectivity index (χ0n) is 12.0. The van der Waals surface area contributed by atoms with Crippen molar-refractivity contribution >= 4 is 11.9 Å². The summed E-state index contributed by atoms with van der Waals surface area (Å²) in [5.74, 6) is -4.10. The normalized spacial score (nSPS) is 13.1. The van der Waals surface area contributed by atoms with E-state index in [1.54, 1.807) is 54.6 Å². The molecule has 5 nitrogen and oxygen atoms in total. The molecule has 0 aliphatic heterocycles. The monoisotopic (exact) mass is 300 g/mol. The Kier molecular flexibility index (Phi) is 4.78. The number of methoxy groups -OCH3 is 1. The Morgan fingerprint density at radius 3 is 1.68 bits per heavy atom. The molecule has 2 aromatic rings. The van der Waals surface area contributed by atoms with Crippen LogP contribution in [0.1, 0.15) is 23.0 Å². The summed E-state index contributed by atoms with van der Waals surface area (Å²) in [5, 5.41) is 19.1. The molecule has 114 valence electrons. The Balaban J connectivity index is 2.47. The van der Waals surface area contributed by atoms with Crippen LogP contribution < -0.4 is 4.74 Å². The molecule has 0 unspecified atom stereocenters. The number of aliphatic carboxylic acids is 2. The summed E-state index contributed by atoms with van der Waals surface area (Å²) in [5.41, 5.74) is 0.878. The lowest BCUT2D eigenvalue weighted by atomic mass is 9.81. The number of hydrogen-bond donors (Lipinski definition) is 2. The van der Waals surface area contributed by atoms with Crippen molar-refractivity contribution in [3.8, 4) is 5.75 Å². The maximum atomic E-state index is 11.7. The summed E-state index contributed by atoms with van der Waals surface area (Å²) in [6.45, 7) is 0. The number of carboxylic acids is 2. The predicted molar refractivity (Wildman–Crippen MR) is 80.2 cm³/mol. The summed E-state index contributed by atoms with van der Waals surface area (Å²) in [7, 11) is 1.51. The molecular weight excluding hydrogens is 284 g/mol. The Morgan fingerprint density at radius 1 is 0.818 bits per heavy atom. The van der Waals surface area contributed by atoms with Gasteiger partial charge in [-0.05, 0) is 23.3 Å². The third-order valence-electron chi connectivity index (χ3n) is 3.50. The van der Waals surface area contributed by atoms with Gasteiger partial charge in [-0.3, -0.25) is 9.59 Å². The molecule has 2 aromatic carbocycles. The summed E-state index contributed by atoms with van der Waals surface area (Å²) in [4.78, 5) is 23.3. The molecule has 2 rings (SSSR count). The van der Waals surface area contributed by atoms with Gasteiger partial charge < -0.3 is 14.9 Å². The number of hydrogen-bond acceptors (Lipinski definition) is 3. The van der Waals surface area contributed by atoms with E-state index in [9.17, 15) is 19.8 Å². The van der Waals surface area contributed by atoms with Gasteiger partial charge in [-0.15, -0.1) is 0 Å². The molecule has 0 aliphatic carbocycles. The summed E-state index contributed by atoms with van der Waals surface area (Å²) in [6.07, 6.45) is 0. The van der Waals surface area contributed by atoms with Crippen LogP contribution in [0.4, 0.5) is 0 Å². The van der Waals surface area contributed by atoms with Crippen LogP contribution in [0, 0.1) is 0 Å². The minimum Gasteiger partial charge on any atom is -0.497 e. The zero-order valence-corrected chi connectivity index (χ0v) is 12.0. The first-order chi connectivity index (χ1) is 10.5. The van der Waals surface area contributed by atoms with Crippen molar-refractivity contribution in [3.05, 3.63) is 65.7 Å². The van der Waals surface area contributed by atoms with Crippen molar-refractivity contribution in [2.45, 2.75) is 11.8 Å². The van der Waals surface area contributed by atoms with Crippen molar-refractivity contribution in [3.63, 3.8) is 0 Å². The van der Waals surface area contributed by atoms with Gasteiger partial charge in [0.15, 0.2) is 0 Å². The van der Waals surface area contributed by atoms with Crippen molar-refractivity contribution in [1.29, 1.82) is 0 Å². The molecule has 5 heteroatoms. The second kappa shape index (κ2) is 6.76. The van der Waals surface area contributed by atoms with Gasteiger partial charge in [0.25, 0.3) is 0 Å². The average molecular weight is 300 g/mol. The number of carbonyl (C=O) groups is 2. The van der Waals surface area contributed by atoms with Crippen LogP contribution in [-0.4, -0.2) is 29.3 Å². The topological polar surface area (TPSA) is 83.8 Å². The lowest BCUT2D eigenvalue weighted by Gasteiger charge is -2.21. The molecule has 0 saturated heterocycles. The van der Waals surface area contributed by atoms with Gasteiger partial charge in [0.2, 0.25) is 0 Å². The molecule has 0 amide bonds. The first kappa shape index (κ1) is 15.6. The fourth-order valence-corrected chi connectivity index (χ4v) is 2.43. The van der Waals surface area contributed by atoms with Crippen LogP contribution in [-0.2, 0) is 9.59 Å². The van der Waals surface area contributed by atoms with Crippen molar-refractivity contribution < 1.29 is 24.5 Å². The van der Waals surface area contributed by atoms with E-state index in [0.29, 0.717) is 16.9 Å². The maximum Gasteiger partial charge on any atom is 0.312 e. The van der Waals surface area contributed by atoms with E-state index >= 15 is 0 Å². The zero-order chi connectivity index (χ0) is 16.1. The Labute approximate surface area is 127 Å². The summed E-state index contributed by atoms with van der Waals surface area (Å²) >= 11 is 0. The van der Waals surface area contributed by atoms with Gasteiger partial charge >= 0.3 is 11.9 Å². The van der Waals surface area contributed by atoms with Crippen molar-refractivity contribution in [2.75, 3.05) is 7.11 Å². The summed E-state index contributed by atoms with van der Waals surface area (Å²) in [6, 6.07) is 14.8. The first-order valence-corrected chi connectivity index (χ1v) is 6.69. The molecule has 22 heavy (non-hydrogen) atoms. The quantitative estimate of drug-likeness (QED) is 0.857. The van der Waals surface area contributed by atoms with Crippen LogP contribution >= 0.6 is 0 Å². The van der Waals surface area contributed by atoms with E-state index in [-0.39, 0.29) is 0 Å². The molecule has 0 aromatic heterocycles. The van der Waals surface area contributed by atoms with Gasteiger partial charge in [0.1, 0.15) is 5.75 Å². The molecule has 0 fully saturated rings. The lowest BCUT2D eigenvalue weighted by Crippen LogP contribution is -2.26. The van der Waals surface area contributed by atoms with E-state index in [1.165, 1.54) is 7.11 Å². The maximum absolute atomic E-state index is 11.7. The molecule has 2 N–H and O–H groups in total. The Hall–Kier alpha value is -2.82. The lowest BCUT2D eigenvalue weighted by molar-refractivity contribution is -0.147. The highest BCUT2D eigenvalue weighted by atomic mass is 16.5. The van der Waals surface area contributed by atoms with Crippen LogP contribution in [0.15, 0.2) is 54.6 Å². The number of benzene rings is 2. The molecular formula is C17H16O5. The molecule has 0 aliphatic rings. The van der Waals surface area contributed by atoms with Crippen molar-refractivity contribution in [1.82, 2.24) is 0 Å². The van der Waals surface area contributed by atoms with Crippen LogP contribution in [0.5, 0.6) is 5.75 Å². The fourth-order valence-electron chi connectivity index (χ4n) is 2.43. The molecule has 0 spiro atoms. The Morgan fingerprint density at radius 2 is 1.27 bits per heavy atom. The van der Waals surface area contributed by atoms with E-state index in [0.717, 1.165) is 0 Å². The molecule has 2 atom stereocenters. The first-order valence-electron chi connectivity index (χ1n) is 6.69. The second-order valence-electron chi connectivity index (χ2n) is 4.82. The van der Waals surface area contributed by atoms with Crippen LogP contribution in [0.2, 0.25) is 0 Å². The predicted octanol–water partition coefficient (Wildman–Crippen LogP) is 2.73.